The SMILES string of the molecule is C[C@@H]1CCNC[C@@H]1N(C)c1ncc2cc[nH]c2n1. The van der Waals surface area contributed by atoms with Crippen molar-refractivity contribution in [3.05, 3.63) is 18.5 Å². The fourth-order valence-electron chi connectivity index (χ4n) is 2.64. The van der Waals surface area contributed by atoms with Crippen molar-refractivity contribution in [1.82, 2.24) is 20.3 Å². The first-order chi connectivity index (χ1) is 8.75. The zero-order chi connectivity index (χ0) is 12.5. The van der Waals surface area contributed by atoms with Crippen LogP contribution < -0.4 is 10.2 Å². The van der Waals surface area contributed by atoms with Gasteiger partial charge in [-0.3, -0.25) is 0 Å². The fraction of sp³-hybridized carbons (Fsp3) is 0.538. The van der Waals surface area contributed by atoms with E-state index in [2.05, 4.69) is 39.1 Å². The fourth-order valence-corrected chi connectivity index (χ4v) is 2.64. The van der Waals surface area contributed by atoms with Gasteiger partial charge in [0.05, 0.1) is 0 Å². The van der Waals surface area contributed by atoms with Crippen molar-refractivity contribution in [2.24, 2.45) is 5.92 Å². The number of aromatic amines is 1. The number of fused-ring (bicyclic) bond motifs is 1. The highest BCUT2D eigenvalue weighted by atomic mass is 15.3. The third-order valence-electron chi connectivity index (χ3n) is 3.89. The first kappa shape index (κ1) is 11.5. The predicted molar refractivity (Wildman–Crippen MR) is 72.7 cm³/mol. The average molecular weight is 245 g/mol. The molecule has 0 bridgehead atoms. The molecule has 2 atom stereocenters. The van der Waals surface area contributed by atoms with Crippen LogP contribution in [0.1, 0.15) is 13.3 Å². The second-order valence-electron chi connectivity index (χ2n) is 5.10. The largest absolute Gasteiger partial charge is 0.346 e. The van der Waals surface area contributed by atoms with Gasteiger partial charge in [0, 0.05) is 37.4 Å². The Bertz CT molecular complexity index is 535. The Morgan fingerprint density at radius 3 is 3.17 bits per heavy atom. The van der Waals surface area contributed by atoms with Gasteiger partial charge in [-0.05, 0) is 24.9 Å². The number of aromatic nitrogens is 3. The number of hydrogen-bond acceptors (Lipinski definition) is 4. The van der Waals surface area contributed by atoms with Crippen LogP contribution in [0.4, 0.5) is 5.95 Å². The summed E-state index contributed by atoms with van der Waals surface area (Å²) in [5.74, 6) is 1.46. The first-order valence-electron chi connectivity index (χ1n) is 6.49. The maximum Gasteiger partial charge on any atom is 0.227 e. The summed E-state index contributed by atoms with van der Waals surface area (Å²) in [5.41, 5.74) is 0.906. The van der Waals surface area contributed by atoms with Gasteiger partial charge in [0.1, 0.15) is 5.65 Å². The van der Waals surface area contributed by atoms with Gasteiger partial charge >= 0.3 is 0 Å². The van der Waals surface area contributed by atoms with Crippen LogP contribution in [0.5, 0.6) is 0 Å². The van der Waals surface area contributed by atoms with E-state index in [4.69, 9.17) is 0 Å². The van der Waals surface area contributed by atoms with E-state index in [-0.39, 0.29) is 0 Å². The van der Waals surface area contributed by atoms with Crippen LogP contribution in [-0.4, -0.2) is 41.1 Å². The average Bonchev–Trinajstić information content (AvgIpc) is 2.85. The molecule has 96 valence electrons. The van der Waals surface area contributed by atoms with Gasteiger partial charge in [0.15, 0.2) is 0 Å². The number of anilines is 1. The monoisotopic (exact) mass is 245 g/mol. The summed E-state index contributed by atoms with van der Waals surface area (Å²) in [6.07, 6.45) is 4.99. The van der Waals surface area contributed by atoms with Gasteiger partial charge in [-0.15, -0.1) is 0 Å². The van der Waals surface area contributed by atoms with Gasteiger partial charge in [0.2, 0.25) is 5.95 Å². The second-order valence-corrected chi connectivity index (χ2v) is 5.10. The molecule has 0 unspecified atom stereocenters. The van der Waals surface area contributed by atoms with Gasteiger partial charge in [-0.2, -0.15) is 4.98 Å². The quantitative estimate of drug-likeness (QED) is 0.839. The lowest BCUT2D eigenvalue weighted by atomic mass is 9.94. The van der Waals surface area contributed by atoms with Crippen molar-refractivity contribution in [2.45, 2.75) is 19.4 Å². The molecule has 3 rings (SSSR count). The zero-order valence-corrected chi connectivity index (χ0v) is 10.8. The van der Waals surface area contributed by atoms with Crippen molar-refractivity contribution >= 4 is 17.0 Å². The molecule has 2 N–H and O–H groups in total. The Labute approximate surface area is 107 Å². The first-order valence-corrected chi connectivity index (χ1v) is 6.49. The Kier molecular flexibility index (Phi) is 2.91. The lowest BCUT2D eigenvalue weighted by Gasteiger charge is -2.36. The third-order valence-corrected chi connectivity index (χ3v) is 3.89. The van der Waals surface area contributed by atoms with Crippen LogP contribution in [0.25, 0.3) is 11.0 Å². The molecule has 0 saturated carbocycles. The van der Waals surface area contributed by atoms with Crippen molar-refractivity contribution < 1.29 is 0 Å². The molecular formula is C13H19N5. The zero-order valence-electron chi connectivity index (χ0n) is 10.8. The number of nitrogens with zero attached hydrogens (tertiary/aromatic N) is 3. The van der Waals surface area contributed by atoms with E-state index >= 15 is 0 Å². The molecule has 5 nitrogen and oxygen atoms in total. The van der Waals surface area contributed by atoms with E-state index in [0.29, 0.717) is 12.0 Å². The van der Waals surface area contributed by atoms with E-state index in [1.807, 2.05) is 18.5 Å². The number of nitrogens with one attached hydrogen (secondary N) is 2. The highest BCUT2D eigenvalue weighted by Gasteiger charge is 2.26. The molecule has 0 aliphatic carbocycles. The van der Waals surface area contributed by atoms with Crippen LogP contribution in [-0.2, 0) is 0 Å². The highest BCUT2D eigenvalue weighted by Crippen LogP contribution is 2.21. The lowest BCUT2D eigenvalue weighted by Crippen LogP contribution is -2.49. The molecule has 1 fully saturated rings. The topological polar surface area (TPSA) is 56.8 Å². The van der Waals surface area contributed by atoms with Gasteiger partial charge in [-0.25, -0.2) is 4.98 Å². The van der Waals surface area contributed by atoms with Crippen molar-refractivity contribution in [1.29, 1.82) is 0 Å². The summed E-state index contributed by atoms with van der Waals surface area (Å²) >= 11 is 0. The highest BCUT2D eigenvalue weighted by molar-refractivity contribution is 5.75. The van der Waals surface area contributed by atoms with Crippen LogP contribution in [0.2, 0.25) is 0 Å². The van der Waals surface area contributed by atoms with Crippen LogP contribution in [0.3, 0.4) is 0 Å². The molecule has 2 aromatic rings. The summed E-state index contributed by atoms with van der Waals surface area (Å²) in [6.45, 7) is 4.42. The molecule has 0 radical (unpaired) electrons. The predicted octanol–water partition coefficient (Wildman–Crippen LogP) is 1.39. The van der Waals surface area contributed by atoms with Gasteiger partial charge in [0.25, 0.3) is 0 Å². The van der Waals surface area contributed by atoms with Crippen LogP contribution >= 0.6 is 0 Å². The van der Waals surface area contributed by atoms with E-state index in [1.54, 1.807) is 0 Å². The number of piperidine rings is 1. The van der Waals surface area contributed by atoms with E-state index in [0.717, 1.165) is 30.1 Å². The molecule has 2 aromatic heterocycles. The van der Waals surface area contributed by atoms with Crippen LogP contribution in [0.15, 0.2) is 18.5 Å². The van der Waals surface area contributed by atoms with E-state index in [1.165, 1.54) is 6.42 Å². The summed E-state index contributed by atoms with van der Waals surface area (Å²) in [5, 5.41) is 4.50. The molecule has 3 heterocycles. The van der Waals surface area contributed by atoms with Crippen molar-refractivity contribution in [2.75, 3.05) is 25.0 Å². The summed E-state index contributed by atoms with van der Waals surface area (Å²) < 4.78 is 0. The maximum absolute atomic E-state index is 4.58. The number of H-pyrrole nitrogens is 1. The summed E-state index contributed by atoms with van der Waals surface area (Å²) in [7, 11) is 2.08. The Morgan fingerprint density at radius 1 is 1.44 bits per heavy atom. The van der Waals surface area contributed by atoms with Gasteiger partial charge in [-0.1, -0.05) is 6.92 Å². The molecule has 1 saturated heterocycles. The molecule has 18 heavy (non-hydrogen) atoms. The molecule has 0 spiro atoms. The standard InChI is InChI=1S/C13H19N5/c1-9-3-5-14-8-11(9)18(2)13-16-7-10-4-6-15-12(10)17-13/h4,6-7,9,11,14H,3,5,8H2,1-2H3,(H,15,16,17)/t9-,11+/m1/s1. The van der Waals surface area contributed by atoms with Crippen molar-refractivity contribution in [3.63, 3.8) is 0 Å². The minimum Gasteiger partial charge on any atom is -0.346 e. The lowest BCUT2D eigenvalue weighted by molar-refractivity contribution is 0.336. The molecule has 1 aliphatic rings. The minimum atomic E-state index is 0.464. The smallest absolute Gasteiger partial charge is 0.227 e. The summed E-state index contributed by atoms with van der Waals surface area (Å²) in [4.78, 5) is 14.4. The Hall–Kier alpha value is -1.62. The molecular weight excluding hydrogens is 226 g/mol. The van der Waals surface area contributed by atoms with Crippen molar-refractivity contribution in [3.8, 4) is 0 Å². The Morgan fingerprint density at radius 2 is 2.33 bits per heavy atom. The number of rotatable bonds is 2. The molecule has 0 aromatic carbocycles. The molecule has 0 amide bonds. The normalized spacial score (nSPS) is 24.3. The number of hydrogen-bond donors (Lipinski definition) is 2. The molecule has 1 aliphatic heterocycles. The van der Waals surface area contributed by atoms with E-state index < -0.39 is 0 Å². The Balaban J connectivity index is 1.87. The van der Waals surface area contributed by atoms with Gasteiger partial charge < -0.3 is 15.2 Å². The molecule has 5 heteroatoms. The third kappa shape index (κ3) is 1.95. The maximum atomic E-state index is 4.58. The second kappa shape index (κ2) is 4.57. The number of likely N-dealkylation sites (N-methyl/N-ethyl adjacent to an activating group) is 1. The minimum absolute atomic E-state index is 0.464. The van der Waals surface area contributed by atoms with Crippen LogP contribution in [0, 0.1) is 5.92 Å². The van der Waals surface area contributed by atoms with E-state index in [9.17, 15) is 0 Å². The summed E-state index contributed by atoms with van der Waals surface area (Å²) in [6, 6.07) is 2.45.